The minimum Gasteiger partial charge on any atom is -0.389 e. The highest BCUT2D eigenvalue weighted by atomic mass is 19.1. The fourth-order valence-corrected chi connectivity index (χ4v) is 3.39. The summed E-state index contributed by atoms with van der Waals surface area (Å²) in [5.74, 6) is -2.71. The van der Waals surface area contributed by atoms with Crippen molar-refractivity contribution in [1.82, 2.24) is 4.90 Å². The van der Waals surface area contributed by atoms with E-state index in [4.69, 9.17) is 9.78 Å². The number of hydrogen-bond acceptors (Lipinski definition) is 5. The topological polar surface area (TPSA) is 76.1 Å². The molecule has 1 aliphatic rings. The highest BCUT2D eigenvalue weighted by molar-refractivity contribution is 5.94. The zero-order chi connectivity index (χ0) is 21.9. The van der Waals surface area contributed by atoms with Gasteiger partial charge in [-0.2, -0.15) is 0 Å². The zero-order valence-corrected chi connectivity index (χ0v) is 16.7. The third-order valence-corrected chi connectivity index (χ3v) is 5.67. The fraction of sp³-hybridized carbons (Fsp3) is 0.364. The number of rotatable bonds is 5. The first kappa shape index (κ1) is 21.7. The Morgan fingerprint density at radius 1 is 1.07 bits per heavy atom. The third-order valence-electron chi connectivity index (χ3n) is 5.67. The zero-order valence-electron chi connectivity index (χ0n) is 16.7. The van der Waals surface area contributed by atoms with E-state index in [1.807, 2.05) is 0 Å². The van der Waals surface area contributed by atoms with Crippen molar-refractivity contribution in [1.29, 1.82) is 0 Å². The van der Waals surface area contributed by atoms with Crippen molar-refractivity contribution in [3.05, 3.63) is 65.7 Å². The molecule has 0 spiro atoms. The third kappa shape index (κ3) is 4.28. The number of piperidine rings is 1. The van der Waals surface area contributed by atoms with Crippen LogP contribution in [0, 0.1) is 17.0 Å². The molecule has 8 heteroatoms. The molecule has 6 nitrogen and oxygen atoms in total. The van der Waals surface area contributed by atoms with Crippen LogP contribution in [-0.4, -0.2) is 40.6 Å². The molecule has 0 unspecified atom stereocenters. The average Bonchev–Trinajstić information content (AvgIpc) is 2.72. The molecule has 0 aliphatic carbocycles. The molecular weight excluding hydrogens is 396 g/mol. The van der Waals surface area contributed by atoms with Gasteiger partial charge in [0.05, 0.1) is 16.6 Å². The summed E-state index contributed by atoms with van der Waals surface area (Å²) >= 11 is 0. The molecule has 1 heterocycles. The van der Waals surface area contributed by atoms with E-state index in [-0.39, 0.29) is 31.5 Å². The van der Waals surface area contributed by atoms with Gasteiger partial charge >= 0.3 is 5.97 Å². The van der Waals surface area contributed by atoms with E-state index in [1.54, 1.807) is 44.2 Å². The van der Waals surface area contributed by atoms with Gasteiger partial charge in [-0.05, 0) is 51.0 Å². The summed E-state index contributed by atoms with van der Waals surface area (Å²) in [5, 5.41) is 11.1. The van der Waals surface area contributed by atoms with E-state index in [2.05, 4.69) is 0 Å². The summed E-state index contributed by atoms with van der Waals surface area (Å²) in [6.45, 7) is 3.28. The Morgan fingerprint density at radius 3 is 2.30 bits per heavy atom. The first-order chi connectivity index (χ1) is 14.1. The van der Waals surface area contributed by atoms with Crippen LogP contribution in [0.3, 0.4) is 0 Å². The van der Waals surface area contributed by atoms with Crippen LogP contribution in [0.4, 0.5) is 8.78 Å². The molecule has 1 N–H and O–H groups in total. The van der Waals surface area contributed by atoms with Crippen LogP contribution in [0.1, 0.15) is 37.0 Å². The predicted molar refractivity (Wildman–Crippen MR) is 103 cm³/mol. The van der Waals surface area contributed by atoms with Gasteiger partial charge in [0.15, 0.2) is 5.75 Å². The van der Waals surface area contributed by atoms with Gasteiger partial charge in [0, 0.05) is 19.2 Å². The van der Waals surface area contributed by atoms with Gasteiger partial charge in [0.1, 0.15) is 11.6 Å². The summed E-state index contributed by atoms with van der Waals surface area (Å²) in [4.78, 5) is 36.5. The van der Waals surface area contributed by atoms with Gasteiger partial charge in [0.25, 0.3) is 5.91 Å². The number of hydrogen-bond donors (Lipinski definition) is 1. The van der Waals surface area contributed by atoms with Crippen molar-refractivity contribution in [2.24, 2.45) is 5.41 Å². The Kier molecular flexibility index (Phi) is 6.07. The summed E-state index contributed by atoms with van der Waals surface area (Å²) in [6.07, 6.45) is 0.157. The average molecular weight is 419 g/mol. The molecule has 1 fully saturated rings. The van der Waals surface area contributed by atoms with E-state index in [0.29, 0.717) is 11.8 Å². The van der Waals surface area contributed by atoms with Crippen molar-refractivity contribution in [2.75, 3.05) is 13.1 Å². The van der Waals surface area contributed by atoms with Crippen molar-refractivity contribution in [3.63, 3.8) is 0 Å². The quantitative estimate of drug-likeness (QED) is 0.593. The molecule has 1 saturated heterocycles. The van der Waals surface area contributed by atoms with Crippen LogP contribution in [0.2, 0.25) is 0 Å². The van der Waals surface area contributed by atoms with Gasteiger partial charge in [0.2, 0.25) is 0 Å². The van der Waals surface area contributed by atoms with Crippen molar-refractivity contribution in [2.45, 2.75) is 32.3 Å². The molecule has 30 heavy (non-hydrogen) atoms. The van der Waals surface area contributed by atoms with Crippen LogP contribution in [0.15, 0.2) is 48.5 Å². The Morgan fingerprint density at radius 2 is 1.70 bits per heavy atom. The standard InChI is InChI=1S/C22H23F2NO5/c1-21(2,20(27)30-29-16-6-4-3-5-7-16)22(28)10-12-25(13-11-22)19(26)17-9-8-15(23)14-18(17)24/h3-9,14,28H,10-13H2,1-2H3. The van der Waals surface area contributed by atoms with Gasteiger partial charge in [-0.15, -0.1) is 0 Å². The Hall–Kier alpha value is -3.00. The Bertz CT molecular complexity index is 924. The number of carbonyl (C=O) groups excluding carboxylic acids is 2. The van der Waals surface area contributed by atoms with Gasteiger partial charge in [-0.1, -0.05) is 18.2 Å². The lowest BCUT2D eigenvalue weighted by atomic mass is 9.69. The van der Waals surface area contributed by atoms with Crippen molar-refractivity contribution < 1.29 is 33.3 Å². The number of likely N-dealkylation sites (tertiary alicyclic amines) is 1. The summed E-state index contributed by atoms with van der Waals surface area (Å²) < 4.78 is 27.0. The first-order valence-electron chi connectivity index (χ1n) is 9.55. The normalized spacial score (nSPS) is 16.1. The molecule has 2 aromatic carbocycles. The van der Waals surface area contributed by atoms with E-state index in [0.717, 1.165) is 12.1 Å². The SMILES string of the molecule is CC(C)(C(=O)OOc1ccccc1)C1(O)CCN(C(=O)c2ccc(F)cc2F)CC1. The van der Waals surface area contributed by atoms with E-state index in [9.17, 15) is 23.5 Å². The van der Waals surface area contributed by atoms with Crippen LogP contribution >= 0.6 is 0 Å². The fourth-order valence-electron chi connectivity index (χ4n) is 3.39. The monoisotopic (exact) mass is 419 g/mol. The molecule has 0 aromatic heterocycles. The molecular formula is C22H23F2NO5. The van der Waals surface area contributed by atoms with Crippen molar-refractivity contribution in [3.8, 4) is 5.75 Å². The van der Waals surface area contributed by atoms with E-state index < -0.39 is 34.5 Å². The number of aliphatic hydroxyl groups is 1. The number of halogens is 2. The van der Waals surface area contributed by atoms with Crippen LogP contribution in [0.5, 0.6) is 5.75 Å². The maximum Gasteiger partial charge on any atom is 0.363 e. The van der Waals surface area contributed by atoms with Crippen LogP contribution < -0.4 is 4.89 Å². The van der Waals surface area contributed by atoms with Crippen molar-refractivity contribution >= 4 is 11.9 Å². The first-order valence-corrected chi connectivity index (χ1v) is 9.55. The highest BCUT2D eigenvalue weighted by Crippen LogP contribution is 2.40. The molecule has 1 aliphatic heterocycles. The minimum atomic E-state index is -1.46. The van der Waals surface area contributed by atoms with Crippen LogP contribution in [-0.2, 0) is 9.68 Å². The van der Waals surface area contributed by atoms with Gasteiger partial charge in [-0.25, -0.2) is 18.5 Å². The van der Waals surface area contributed by atoms with Gasteiger partial charge < -0.3 is 10.0 Å². The van der Waals surface area contributed by atoms with E-state index >= 15 is 0 Å². The molecule has 3 rings (SSSR count). The second-order valence-electron chi connectivity index (χ2n) is 7.84. The summed E-state index contributed by atoms with van der Waals surface area (Å²) in [6, 6.07) is 11.2. The Balaban J connectivity index is 1.63. The number of para-hydroxylation sites is 1. The van der Waals surface area contributed by atoms with E-state index in [1.165, 1.54) is 4.90 Å². The summed E-state index contributed by atoms with van der Waals surface area (Å²) in [7, 11) is 0. The molecule has 0 atom stereocenters. The number of amides is 1. The lowest BCUT2D eigenvalue weighted by Crippen LogP contribution is -2.57. The second-order valence-corrected chi connectivity index (χ2v) is 7.84. The number of benzene rings is 2. The number of carbonyl (C=O) groups is 2. The maximum atomic E-state index is 13.9. The maximum absolute atomic E-state index is 13.9. The molecule has 2 aromatic rings. The lowest BCUT2D eigenvalue weighted by Gasteiger charge is -2.45. The lowest BCUT2D eigenvalue weighted by molar-refractivity contribution is -0.238. The largest absolute Gasteiger partial charge is 0.389 e. The molecule has 0 bridgehead atoms. The van der Waals surface area contributed by atoms with Gasteiger partial charge in [-0.3, -0.25) is 9.68 Å². The molecule has 0 radical (unpaired) electrons. The number of nitrogens with zero attached hydrogens (tertiary/aromatic N) is 1. The summed E-state index contributed by atoms with van der Waals surface area (Å²) in [5.41, 5.74) is -3.02. The highest BCUT2D eigenvalue weighted by Gasteiger charge is 2.52. The molecule has 1 amide bonds. The Labute approximate surface area is 172 Å². The van der Waals surface area contributed by atoms with Crippen LogP contribution in [0.25, 0.3) is 0 Å². The smallest absolute Gasteiger partial charge is 0.363 e. The molecule has 160 valence electrons. The molecule has 0 saturated carbocycles. The predicted octanol–water partition coefficient (Wildman–Crippen LogP) is 3.50. The minimum absolute atomic E-state index is 0.0784. The second kappa shape index (κ2) is 8.39.